The molecule has 9 unspecified atom stereocenters. The number of unbranched alkanes of at least 4 members (excludes halogenated alkanes) is 24. The summed E-state index contributed by atoms with van der Waals surface area (Å²) in [6, 6.07) is -1.19. The lowest BCUT2D eigenvalue weighted by Gasteiger charge is -2.40. The fourth-order valence-corrected chi connectivity index (χ4v) is 7.94. The summed E-state index contributed by atoms with van der Waals surface area (Å²) in [5.41, 5.74) is 0. The second-order valence-electron chi connectivity index (χ2n) is 17.9. The van der Waals surface area contributed by atoms with Crippen molar-refractivity contribution in [1.82, 2.24) is 5.32 Å². The minimum atomic E-state index is -1.67. The van der Waals surface area contributed by atoms with Crippen LogP contribution in [-0.4, -0.2) is 110 Å². The SMILES string of the molecule is CCCCCCCCCCCCCCC/C=C/CC/C=C/CC/C=C/CCCC(O)C(O)C(COC1OC(CO)C(O)C(O)C1O)NC(=O)C(O)CCCCCCCCCCC. The van der Waals surface area contributed by atoms with Crippen molar-refractivity contribution in [2.24, 2.45) is 0 Å². The van der Waals surface area contributed by atoms with E-state index in [0.29, 0.717) is 19.3 Å². The highest BCUT2D eigenvalue weighted by molar-refractivity contribution is 5.80. The number of aliphatic hydroxyl groups is 7. The summed E-state index contributed by atoms with van der Waals surface area (Å²) < 4.78 is 11.1. The lowest BCUT2D eigenvalue weighted by atomic mass is 9.98. The Morgan fingerprint density at radius 2 is 0.968 bits per heavy atom. The number of allylic oxidation sites excluding steroid dienone is 6. The monoisotopic (exact) mass is 882 g/mol. The first-order valence-corrected chi connectivity index (χ1v) is 25.4. The summed E-state index contributed by atoms with van der Waals surface area (Å²) in [7, 11) is 0. The molecule has 1 aliphatic rings. The Morgan fingerprint density at radius 3 is 1.44 bits per heavy atom. The first-order valence-electron chi connectivity index (χ1n) is 25.4. The Bertz CT molecular complexity index is 1100. The highest BCUT2D eigenvalue weighted by atomic mass is 16.7. The average Bonchev–Trinajstić information content (AvgIpc) is 3.27. The maximum Gasteiger partial charge on any atom is 0.249 e. The van der Waals surface area contributed by atoms with E-state index in [-0.39, 0.29) is 12.8 Å². The maximum absolute atomic E-state index is 13.0. The van der Waals surface area contributed by atoms with E-state index in [2.05, 4.69) is 55.6 Å². The number of hydrogen-bond acceptors (Lipinski definition) is 10. The third-order valence-electron chi connectivity index (χ3n) is 12.2. The van der Waals surface area contributed by atoms with E-state index in [4.69, 9.17) is 9.47 Å². The topological polar surface area (TPSA) is 189 Å². The van der Waals surface area contributed by atoms with Crippen molar-refractivity contribution in [2.45, 2.75) is 268 Å². The zero-order valence-electron chi connectivity index (χ0n) is 39.4. The van der Waals surface area contributed by atoms with Gasteiger partial charge in [-0.1, -0.05) is 185 Å². The Balaban J connectivity index is 2.36. The van der Waals surface area contributed by atoms with Crippen molar-refractivity contribution >= 4 is 5.91 Å². The Kier molecular flexibility index (Phi) is 38.4. The predicted molar refractivity (Wildman–Crippen MR) is 252 cm³/mol. The molecular formula is C51H95NO10. The molecule has 1 fully saturated rings. The summed E-state index contributed by atoms with van der Waals surface area (Å²) in [6.07, 6.45) is 36.5. The number of rotatable bonds is 42. The molecule has 1 aliphatic heterocycles. The van der Waals surface area contributed by atoms with Crippen LogP contribution in [0.3, 0.4) is 0 Å². The summed E-state index contributed by atoms with van der Waals surface area (Å²) in [5.74, 6) is -0.716. The van der Waals surface area contributed by atoms with E-state index >= 15 is 0 Å². The standard InChI is InChI=1S/C51H95NO10/c1-3-5-7-9-11-13-14-15-16-17-18-19-20-21-22-23-24-25-26-27-28-29-31-32-34-36-38-43(54)46(56)42(41-61-51-49(59)48(58)47(57)45(40-53)62-51)52-50(60)44(55)39-37-35-33-30-12-10-8-6-4-2/h22-23,26-27,31-32,42-49,51,53-59H,3-21,24-25,28-30,33-41H2,1-2H3,(H,52,60)/b23-22+,27-26+,32-31+. The van der Waals surface area contributed by atoms with Gasteiger partial charge in [-0.25, -0.2) is 0 Å². The maximum atomic E-state index is 13.0. The second-order valence-corrected chi connectivity index (χ2v) is 17.9. The van der Waals surface area contributed by atoms with Gasteiger partial charge in [-0.2, -0.15) is 0 Å². The zero-order chi connectivity index (χ0) is 45.5. The molecule has 1 saturated heterocycles. The largest absolute Gasteiger partial charge is 0.394 e. The van der Waals surface area contributed by atoms with Gasteiger partial charge >= 0.3 is 0 Å². The summed E-state index contributed by atoms with van der Waals surface area (Å²) >= 11 is 0. The Labute approximate surface area is 377 Å². The van der Waals surface area contributed by atoms with Gasteiger partial charge in [0.1, 0.15) is 36.6 Å². The molecule has 9 atom stereocenters. The third-order valence-corrected chi connectivity index (χ3v) is 12.2. The van der Waals surface area contributed by atoms with E-state index in [9.17, 15) is 40.5 Å². The minimum absolute atomic E-state index is 0.242. The molecule has 0 radical (unpaired) electrons. The number of amides is 1. The molecule has 0 saturated carbocycles. The Hall–Kier alpha value is -1.67. The van der Waals surface area contributed by atoms with Gasteiger partial charge in [0.15, 0.2) is 6.29 Å². The van der Waals surface area contributed by atoms with Crippen LogP contribution in [0.15, 0.2) is 36.5 Å². The molecule has 0 aromatic carbocycles. The van der Waals surface area contributed by atoms with Gasteiger partial charge in [-0.15, -0.1) is 0 Å². The molecule has 0 spiro atoms. The molecule has 11 nitrogen and oxygen atoms in total. The predicted octanol–water partition coefficient (Wildman–Crippen LogP) is 9.17. The number of hydrogen-bond donors (Lipinski definition) is 8. The first-order chi connectivity index (χ1) is 30.2. The van der Waals surface area contributed by atoms with Crippen molar-refractivity contribution < 1.29 is 50.0 Å². The van der Waals surface area contributed by atoms with E-state index in [1.54, 1.807) is 0 Å². The fraction of sp³-hybridized carbons (Fsp3) is 0.863. The van der Waals surface area contributed by atoms with E-state index in [1.807, 2.05) is 0 Å². The molecule has 1 heterocycles. The van der Waals surface area contributed by atoms with Gasteiger partial charge in [0, 0.05) is 0 Å². The molecule has 0 aromatic rings. The van der Waals surface area contributed by atoms with Crippen molar-refractivity contribution in [3.63, 3.8) is 0 Å². The number of ether oxygens (including phenoxy) is 2. The molecule has 0 bridgehead atoms. The lowest BCUT2D eigenvalue weighted by Crippen LogP contribution is -2.60. The summed E-state index contributed by atoms with van der Waals surface area (Å²) in [5, 5.41) is 75.6. The van der Waals surface area contributed by atoms with E-state index in [0.717, 1.165) is 44.9 Å². The molecule has 364 valence electrons. The van der Waals surface area contributed by atoms with Gasteiger partial charge in [0.2, 0.25) is 5.91 Å². The highest BCUT2D eigenvalue weighted by Gasteiger charge is 2.44. The van der Waals surface area contributed by atoms with E-state index in [1.165, 1.54) is 122 Å². The normalized spacial score (nSPS) is 21.6. The number of carbonyl (C=O) groups is 1. The van der Waals surface area contributed by atoms with Crippen LogP contribution in [0.4, 0.5) is 0 Å². The first kappa shape index (κ1) is 58.3. The molecule has 11 heteroatoms. The van der Waals surface area contributed by atoms with Gasteiger partial charge in [-0.05, 0) is 64.2 Å². The number of carbonyl (C=O) groups excluding carboxylic acids is 1. The highest BCUT2D eigenvalue weighted by Crippen LogP contribution is 2.23. The van der Waals surface area contributed by atoms with Crippen molar-refractivity contribution in [3.8, 4) is 0 Å². The van der Waals surface area contributed by atoms with Crippen LogP contribution in [0.2, 0.25) is 0 Å². The van der Waals surface area contributed by atoms with Crippen molar-refractivity contribution in [3.05, 3.63) is 36.5 Å². The Morgan fingerprint density at radius 1 is 0.548 bits per heavy atom. The molecule has 0 aliphatic carbocycles. The van der Waals surface area contributed by atoms with Crippen LogP contribution < -0.4 is 5.32 Å². The van der Waals surface area contributed by atoms with Crippen molar-refractivity contribution in [1.29, 1.82) is 0 Å². The lowest BCUT2D eigenvalue weighted by molar-refractivity contribution is -0.303. The third kappa shape index (κ3) is 29.7. The number of nitrogens with one attached hydrogen (secondary N) is 1. The molecular weight excluding hydrogens is 787 g/mol. The molecule has 1 rings (SSSR count). The average molecular weight is 882 g/mol. The van der Waals surface area contributed by atoms with Gasteiger partial charge < -0.3 is 50.5 Å². The van der Waals surface area contributed by atoms with E-state index < -0.39 is 74.2 Å². The second kappa shape index (κ2) is 40.8. The van der Waals surface area contributed by atoms with Gasteiger partial charge in [0.05, 0.1) is 25.4 Å². The minimum Gasteiger partial charge on any atom is -0.394 e. The van der Waals surface area contributed by atoms with Gasteiger partial charge in [-0.3, -0.25) is 4.79 Å². The summed E-state index contributed by atoms with van der Waals surface area (Å²) in [6.45, 7) is 3.39. The molecule has 8 N–H and O–H groups in total. The van der Waals surface area contributed by atoms with Crippen LogP contribution in [0.1, 0.15) is 213 Å². The number of aliphatic hydroxyl groups excluding tert-OH is 7. The van der Waals surface area contributed by atoms with Gasteiger partial charge in [0.25, 0.3) is 0 Å². The van der Waals surface area contributed by atoms with Crippen LogP contribution >= 0.6 is 0 Å². The smallest absolute Gasteiger partial charge is 0.249 e. The zero-order valence-corrected chi connectivity index (χ0v) is 39.4. The quantitative estimate of drug-likeness (QED) is 0.0217. The fourth-order valence-electron chi connectivity index (χ4n) is 7.94. The summed E-state index contributed by atoms with van der Waals surface area (Å²) in [4.78, 5) is 13.0. The molecule has 0 aromatic heterocycles. The van der Waals surface area contributed by atoms with Crippen LogP contribution in [0, 0.1) is 0 Å². The van der Waals surface area contributed by atoms with Crippen molar-refractivity contribution in [2.75, 3.05) is 13.2 Å². The van der Waals surface area contributed by atoms with Crippen LogP contribution in [0.5, 0.6) is 0 Å². The molecule has 1 amide bonds. The molecule has 62 heavy (non-hydrogen) atoms. The van der Waals surface area contributed by atoms with Crippen LogP contribution in [0.25, 0.3) is 0 Å². The van der Waals surface area contributed by atoms with Crippen LogP contribution in [-0.2, 0) is 14.3 Å².